The Morgan fingerprint density at radius 1 is 1.04 bits per heavy atom. The minimum atomic E-state index is -0.207. The average Bonchev–Trinajstić information content (AvgIpc) is 2.67. The molecule has 0 aromatic heterocycles. The second-order valence-electron chi connectivity index (χ2n) is 6.77. The molecule has 3 rings (SSSR count). The Morgan fingerprint density at radius 3 is 2.46 bits per heavy atom. The summed E-state index contributed by atoms with van der Waals surface area (Å²) in [6.07, 6.45) is 0. The van der Waals surface area contributed by atoms with E-state index in [-0.39, 0.29) is 24.4 Å². The van der Waals surface area contributed by atoms with Crippen LogP contribution in [0.15, 0.2) is 54.6 Å². The quantitative estimate of drug-likeness (QED) is 0.919. The summed E-state index contributed by atoms with van der Waals surface area (Å²) in [5.74, 6) is -0.254. The van der Waals surface area contributed by atoms with E-state index in [2.05, 4.69) is 29.4 Å². The van der Waals surface area contributed by atoms with E-state index >= 15 is 0 Å². The van der Waals surface area contributed by atoms with Crippen molar-refractivity contribution in [2.24, 2.45) is 0 Å². The molecule has 2 aromatic rings. The van der Waals surface area contributed by atoms with Crippen molar-refractivity contribution in [2.75, 3.05) is 33.2 Å². The molecule has 26 heavy (non-hydrogen) atoms. The van der Waals surface area contributed by atoms with E-state index in [4.69, 9.17) is 0 Å². The minimum Gasteiger partial charge on any atom is -0.343 e. The highest BCUT2D eigenvalue weighted by Crippen LogP contribution is 2.24. The lowest BCUT2D eigenvalue weighted by atomic mass is 10.0. The summed E-state index contributed by atoms with van der Waals surface area (Å²) in [6, 6.07) is 17.5. The van der Waals surface area contributed by atoms with Gasteiger partial charge in [0.2, 0.25) is 5.91 Å². The van der Waals surface area contributed by atoms with Gasteiger partial charge < -0.3 is 15.1 Å². The van der Waals surface area contributed by atoms with Crippen LogP contribution in [-0.2, 0) is 4.79 Å². The second-order valence-corrected chi connectivity index (χ2v) is 6.77. The lowest BCUT2D eigenvalue weighted by Gasteiger charge is -2.40. The number of carbonyl (C=O) groups is 2. The van der Waals surface area contributed by atoms with Crippen molar-refractivity contribution in [1.29, 1.82) is 0 Å². The molecular weight excluding hydrogens is 326 g/mol. The molecular formula is C21H25N3O2. The Bertz CT molecular complexity index is 776. The first-order chi connectivity index (χ1) is 12.6. The molecule has 1 unspecified atom stereocenters. The van der Waals surface area contributed by atoms with Gasteiger partial charge in [-0.05, 0) is 31.2 Å². The van der Waals surface area contributed by atoms with Crippen molar-refractivity contribution < 1.29 is 9.59 Å². The Kier molecular flexibility index (Phi) is 5.68. The Hall–Kier alpha value is -2.66. The molecule has 1 N–H and O–H groups in total. The zero-order valence-corrected chi connectivity index (χ0v) is 15.3. The summed E-state index contributed by atoms with van der Waals surface area (Å²) < 4.78 is 0. The van der Waals surface area contributed by atoms with Crippen LogP contribution in [-0.4, -0.2) is 54.8 Å². The molecule has 0 bridgehead atoms. The van der Waals surface area contributed by atoms with Gasteiger partial charge in [-0.2, -0.15) is 0 Å². The summed E-state index contributed by atoms with van der Waals surface area (Å²) in [4.78, 5) is 29.3. The molecule has 1 aliphatic rings. The number of rotatable bonds is 4. The fourth-order valence-electron chi connectivity index (χ4n) is 3.36. The van der Waals surface area contributed by atoms with E-state index in [1.165, 1.54) is 0 Å². The number of piperazine rings is 1. The first kappa shape index (κ1) is 18.1. The maximum Gasteiger partial charge on any atom is 0.251 e. The first-order valence-electron chi connectivity index (χ1n) is 8.93. The van der Waals surface area contributed by atoms with Crippen LogP contribution in [0.4, 0.5) is 0 Å². The fourth-order valence-corrected chi connectivity index (χ4v) is 3.36. The SMILES string of the molecule is Cc1ccccc1C(=O)NCC(=O)N1CCN(C)CC1c1ccccc1. The molecule has 1 atom stereocenters. The molecule has 2 aromatic carbocycles. The van der Waals surface area contributed by atoms with E-state index in [0.29, 0.717) is 12.1 Å². The molecule has 1 saturated heterocycles. The van der Waals surface area contributed by atoms with E-state index in [1.54, 1.807) is 6.07 Å². The second kappa shape index (κ2) is 8.15. The number of nitrogens with one attached hydrogen (secondary N) is 1. The predicted octanol–water partition coefficient (Wildman–Crippen LogP) is 2.24. The summed E-state index contributed by atoms with van der Waals surface area (Å²) in [6.45, 7) is 4.19. The van der Waals surface area contributed by atoms with E-state index in [9.17, 15) is 9.59 Å². The third kappa shape index (κ3) is 4.11. The van der Waals surface area contributed by atoms with E-state index < -0.39 is 0 Å². The van der Waals surface area contributed by atoms with Gasteiger partial charge in [0.25, 0.3) is 5.91 Å². The van der Waals surface area contributed by atoms with Crippen molar-refractivity contribution >= 4 is 11.8 Å². The highest BCUT2D eigenvalue weighted by Gasteiger charge is 2.30. The molecule has 1 aliphatic heterocycles. The number of likely N-dealkylation sites (N-methyl/N-ethyl adjacent to an activating group) is 1. The summed E-state index contributed by atoms with van der Waals surface area (Å²) in [5, 5.41) is 2.78. The number of carbonyl (C=O) groups excluding carboxylic acids is 2. The molecule has 0 radical (unpaired) electrons. The van der Waals surface area contributed by atoms with Gasteiger partial charge in [-0.15, -0.1) is 0 Å². The van der Waals surface area contributed by atoms with Crippen molar-refractivity contribution in [3.05, 3.63) is 71.3 Å². The summed E-state index contributed by atoms with van der Waals surface area (Å²) in [5.41, 5.74) is 2.63. The van der Waals surface area contributed by atoms with Crippen LogP contribution in [0.1, 0.15) is 27.5 Å². The monoisotopic (exact) mass is 351 g/mol. The molecule has 2 amide bonds. The Labute approximate surface area is 154 Å². The standard InChI is InChI=1S/C21H25N3O2/c1-16-8-6-7-11-18(16)21(26)22-14-20(25)24-13-12-23(2)15-19(24)17-9-4-3-5-10-17/h3-11,19H,12-15H2,1-2H3,(H,22,26). The molecule has 5 nitrogen and oxygen atoms in total. The van der Waals surface area contributed by atoms with E-state index in [1.807, 2.05) is 48.2 Å². The molecule has 136 valence electrons. The number of amides is 2. The van der Waals surface area contributed by atoms with Gasteiger partial charge in [0.05, 0.1) is 12.6 Å². The van der Waals surface area contributed by atoms with Crippen LogP contribution >= 0.6 is 0 Å². The lowest BCUT2D eigenvalue weighted by molar-refractivity contribution is -0.135. The average molecular weight is 351 g/mol. The summed E-state index contributed by atoms with van der Waals surface area (Å²) in [7, 11) is 2.07. The molecule has 0 spiro atoms. The van der Waals surface area contributed by atoms with Crippen LogP contribution in [0.3, 0.4) is 0 Å². The third-order valence-electron chi connectivity index (χ3n) is 4.88. The molecule has 5 heteroatoms. The minimum absolute atomic E-state index is 0.0119. The number of hydrogen-bond acceptors (Lipinski definition) is 3. The smallest absolute Gasteiger partial charge is 0.251 e. The fraction of sp³-hybridized carbons (Fsp3) is 0.333. The maximum atomic E-state index is 12.8. The van der Waals surface area contributed by atoms with Crippen LogP contribution in [0, 0.1) is 6.92 Å². The topological polar surface area (TPSA) is 52.7 Å². The van der Waals surface area contributed by atoms with Crippen LogP contribution in [0.2, 0.25) is 0 Å². The predicted molar refractivity (Wildman–Crippen MR) is 102 cm³/mol. The molecule has 1 fully saturated rings. The highest BCUT2D eigenvalue weighted by atomic mass is 16.2. The number of aryl methyl sites for hydroxylation is 1. The first-order valence-corrected chi connectivity index (χ1v) is 8.93. The largest absolute Gasteiger partial charge is 0.343 e. The molecule has 0 saturated carbocycles. The lowest BCUT2D eigenvalue weighted by Crippen LogP contribution is -2.51. The Balaban J connectivity index is 1.67. The number of nitrogens with zero attached hydrogens (tertiary/aromatic N) is 2. The third-order valence-corrected chi connectivity index (χ3v) is 4.88. The Morgan fingerprint density at radius 2 is 1.73 bits per heavy atom. The maximum absolute atomic E-state index is 12.8. The van der Waals surface area contributed by atoms with Gasteiger partial charge in [0.1, 0.15) is 0 Å². The molecule has 1 heterocycles. The van der Waals surface area contributed by atoms with Crippen LogP contribution in [0.5, 0.6) is 0 Å². The number of benzene rings is 2. The molecule has 0 aliphatic carbocycles. The van der Waals surface area contributed by atoms with E-state index in [0.717, 1.165) is 24.2 Å². The van der Waals surface area contributed by atoms with Gasteiger partial charge in [0.15, 0.2) is 0 Å². The van der Waals surface area contributed by atoms with Crippen molar-refractivity contribution in [3.8, 4) is 0 Å². The van der Waals surface area contributed by atoms with Crippen LogP contribution < -0.4 is 5.32 Å². The van der Waals surface area contributed by atoms with Crippen molar-refractivity contribution in [2.45, 2.75) is 13.0 Å². The zero-order valence-electron chi connectivity index (χ0n) is 15.3. The van der Waals surface area contributed by atoms with Gasteiger partial charge in [0, 0.05) is 25.2 Å². The van der Waals surface area contributed by atoms with Gasteiger partial charge in [-0.1, -0.05) is 48.5 Å². The zero-order chi connectivity index (χ0) is 18.5. The normalized spacial score (nSPS) is 17.8. The number of hydrogen-bond donors (Lipinski definition) is 1. The van der Waals surface area contributed by atoms with Gasteiger partial charge >= 0.3 is 0 Å². The van der Waals surface area contributed by atoms with Crippen molar-refractivity contribution in [1.82, 2.24) is 15.1 Å². The van der Waals surface area contributed by atoms with Gasteiger partial charge in [-0.3, -0.25) is 9.59 Å². The van der Waals surface area contributed by atoms with Crippen molar-refractivity contribution in [3.63, 3.8) is 0 Å². The van der Waals surface area contributed by atoms with Crippen LogP contribution in [0.25, 0.3) is 0 Å². The van der Waals surface area contributed by atoms with Gasteiger partial charge in [-0.25, -0.2) is 0 Å². The highest BCUT2D eigenvalue weighted by molar-refractivity contribution is 5.97. The summed E-state index contributed by atoms with van der Waals surface area (Å²) >= 11 is 0.